The number of hydrogen-bond acceptors (Lipinski definition) is 4. The van der Waals surface area contributed by atoms with Crippen LogP contribution in [0.25, 0.3) is 0 Å². The lowest BCUT2D eigenvalue weighted by Crippen LogP contribution is -2.35. The first-order valence-corrected chi connectivity index (χ1v) is 14.1. The van der Waals surface area contributed by atoms with Crippen molar-refractivity contribution in [2.45, 2.75) is 62.9 Å². The van der Waals surface area contributed by atoms with Gasteiger partial charge in [-0.3, -0.25) is 9.59 Å². The van der Waals surface area contributed by atoms with E-state index in [4.69, 9.17) is 0 Å². The zero-order valence-electron chi connectivity index (χ0n) is 22.6. The van der Waals surface area contributed by atoms with Crippen LogP contribution in [0.1, 0.15) is 75.9 Å². The Morgan fingerprint density at radius 3 is 2.80 bits per heavy atom. The number of hydrogen-bond donors (Lipinski definition) is 2. The Bertz CT molecular complexity index is 1720. The Hall–Kier alpha value is -4.40. The highest BCUT2D eigenvalue weighted by atomic mass is 19.2. The average Bonchev–Trinajstić information content (AvgIpc) is 3.61. The van der Waals surface area contributed by atoms with Crippen LogP contribution in [0.2, 0.25) is 0 Å². The number of aryl methyl sites for hydroxylation is 1. The largest absolute Gasteiger partial charge is 0.342 e. The lowest BCUT2D eigenvalue weighted by atomic mass is 9.79. The van der Waals surface area contributed by atoms with Gasteiger partial charge in [-0.1, -0.05) is 31.2 Å². The molecule has 1 unspecified atom stereocenters. The van der Waals surface area contributed by atoms with E-state index in [0.29, 0.717) is 49.2 Å². The van der Waals surface area contributed by atoms with Crippen LogP contribution in [0, 0.1) is 11.6 Å². The van der Waals surface area contributed by atoms with Gasteiger partial charge < -0.3 is 15.2 Å². The summed E-state index contributed by atoms with van der Waals surface area (Å²) in [4.78, 5) is 35.6. The van der Waals surface area contributed by atoms with Gasteiger partial charge in [0.2, 0.25) is 5.91 Å². The number of fused-ring (bicyclic) bond motifs is 4. The van der Waals surface area contributed by atoms with Crippen LogP contribution >= 0.6 is 0 Å². The van der Waals surface area contributed by atoms with Crippen molar-refractivity contribution >= 4 is 17.6 Å². The van der Waals surface area contributed by atoms with E-state index in [-0.39, 0.29) is 23.8 Å². The molecular formula is C32H29F2N5O2. The first-order chi connectivity index (χ1) is 19.9. The van der Waals surface area contributed by atoms with Crippen LogP contribution in [-0.2, 0) is 36.0 Å². The van der Waals surface area contributed by atoms with Gasteiger partial charge in [0.1, 0.15) is 11.6 Å². The molecule has 0 saturated heterocycles. The van der Waals surface area contributed by atoms with Crippen molar-refractivity contribution in [3.8, 4) is 0 Å². The van der Waals surface area contributed by atoms with Crippen LogP contribution in [-0.4, -0.2) is 26.3 Å². The third-order valence-corrected chi connectivity index (χ3v) is 9.02. The number of carbonyl (C=O) groups is 2. The molecule has 41 heavy (non-hydrogen) atoms. The number of anilines is 1. The molecule has 0 radical (unpaired) electrons. The van der Waals surface area contributed by atoms with Gasteiger partial charge in [0.15, 0.2) is 11.6 Å². The van der Waals surface area contributed by atoms with Gasteiger partial charge in [-0.05, 0) is 73.1 Å². The van der Waals surface area contributed by atoms with Crippen LogP contribution in [0.3, 0.4) is 0 Å². The first kappa shape index (κ1) is 25.6. The maximum atomic E-state index is 14.8. The minimum absolute atomic E-state index is 0.0605. The van der Waals surface area contributed by atoms with Gasteiger partial charge in [0, 0.05) is 41.7 Å². The van der Waals surface area contributed by atoms with Gasteiger partial charge in [0.05, 0.1) is 11.5 Å². The van der Waals surface area contributed by atoms with Gasteiger partial charge in [-0.15, -0.1) is 0 Å². The van der Waals surface area contributed by atoms with Crippen molar-refractivity contribution in [1.82, 2.24) is 19.9 Å². The van der Waals surface area contributed by atoms with E-state index < -0.39 is 17.0 Å². The number of nitrogens with zero attached hydrogens (tertiary/aromatic N) is 3. The summed E-state index contributed by atoms with van der Waals surface area (Å²) in [6, 6.07) is 13.3. The molecule has 2 aromatic carbocycles. The highest BCUT2D eigenvalue weighted by molar-refractivity contribution is 6.06. The van der Waals surface area contributed by atoms with E-state index in [1.165, 1.54) is 6.07 Å². The van der Waals surface area contributed by atoms with E-state index in [0.717, 1.165) is 40.7 Å². The van der Waals surface area contributed by atoms with Gasteiger partial charge in [0.25, 0.3) is 5.91 Å². The molecular weight excluding hydrogens is 524 g/mol. The SMILES string of the molecule is CCc1cnc2n1C[C@H](c1cccc(F)c1F)CC[C@H]2NC(=O)c1ccc2c(c1)CC1(C2)C(=O)Nc2ncccc21. The van der Waals surface area contributed by atoms with Crippen molar-refractivity contribution < 1.29 is 18.4 Å². The molecule has 2 aliphatic heterocycles. The number of rotatable bonds is 4. The summed E-state index contributed by atoms with van der Waals surface area (Å²) in [7, 11) is 0. The maximum Gasteiger partial charge on any atom is 0.251 e. The molecule has 2 aromatic heterocycles. The second kappa shape index (κ2) is 9.61. The first-order valence-electron chi connectivity index (χ1n) is 14.1. The van der Waals surface area contributed by atoms with Crippen molar-refractivity contribution in [3.63, 3.8) is 0 Å². The van der Waals surface area contributed by atoms with E-state index in [2.05, 4.69) is 20.6 Å². The lowest BCUT2D eigenvalue weighted by molar-refractivity contribution is -0.120. The molecule has 208 valence electrons. The summed E-state index contributed by atoms with van der Waals surface area (Å²) in [5.41, 5.74) is 4.05. The third kappa shape index (κ3) is 4.05. The molecule has 1 aliphatic carbocycles. The van der Waals surface area contributed by atoms with Crippen LogP contribution in [0.4, 0.5) is 14.6 Å². The number of aromatic nitrogens is 3. The van der Waals surface area contributed by atoms with E-state index in [1.807, 2.05) is 35.8 Å². The summed E-state index contributed by atoms with van der Waals surface area (Å²) in [6.07, 6.45) is 6.35. The summed E-state index contributed by atoms with van der Waals surface area (Å²) in [5.74, 6) is -0.890. The quantitative estimate of drug-likeness (QED) is 0.366. The molecule has 7 rings (SSSR count). The normalized spacial score (nSPS) is 22.6. The Kier molecular flexibility index (Phi) is 5.99. The fourth-order valence-corrected chi connectivity index (χ4v) is 6.88. The monoisotopic (exact) mass is 553 g/mol. The number of amides is 2. The molecule has 0 fully saturated rings. The second-order valence-electron chi connectivity index (χ2n) is 11.3. The topological polar surface area (TPSA) is 88.9 Å². The van der Waals surface area contributed by atoms with Crippen molar-refractivity contribution in [1.29, 1.82) is 0 Å². The number of pyridine rings is 1. The zero-order valence-corrected chi connectivity index (χ0v) is 22.6. The summed E-state index contributed by atoms with van der Waals surface area (Å²) >= 11 is 0. The van der Waals surface area contributed by atoms with Gasteiger partial charge in [-0.25, -0.2) is 18.7 Å². The molecule has 0 saturated carbocycles. The van der Waals surface area contributed by atoms with Crippen LogP contribution in [0.15, 0.2) is 60.9 Å². The molecule has 1 spiro atoms. The van der Waals surface area contributed by atoms with Crippen molar-refractivity contribution in [2.75, 3.05) is 5.32 Å². The molecule has 0 bridgehead atoms. The molecule has 3 atom stereocenters. The predicted octanol–water partition coefficient (Wildman–Crippen LogP) is 5.16. The number of imidazole rings is 1. The van der Waals surface area contributed by atoms with Gasteiger partial charge in [-0.2, -0.15) is 0 Å². The predicted molar refractivity (Wildman–Crippen MR) is 149 cm³/mol. The summed E-state index contributed by atoms with van der Waals surface area (Å²) in [5, 5.41) is 6.08. The third-order valence-electron chi connectivity index (χ3n) is 9.02. The standard InChI is InChI=1S/C32H29F2N5O2/c1-2-22-16-36-29-26(11-10-20(17-39(22)29)23-5-3-7-25(33)27(23)34)37-30(40)18-8-9-19-14-32(15-21(19)13-18)24-6-4-12-35-28(24)38-31(32)41/h3-9,12-13,16,20,26H,2,10-11,14-15,17H2,1H3,(H,37,40)(H,35,38,41)/t20-,26-,32?/m1/s1. The van der Waals surface area contributed by atoms with E-state index in [9.17, 15) is 18.4 Å². The van der Waals surface area contributed by atoms with Gasteiger partial charge >= 0.3 is 0 Å². The Morgan fingerprint density at radius 2 is 1.95 bits per heavy atom. The molecule has 4 heterocycles. The van der Waals surface area contributed by atoms with Crippen LogP contribution < -0.4 is 10.6 Å². The lowest BCUT2D eigenvalue weighted by Gasteiger charge is -2.20. The summed E-state index contributed by atoms with van der Waals surface area (Å²) < 4.78 is 30.9. The smallest absolute Gasteiger partial charge is 0.251 e. The highest BCUT2D eigenvalue weighted by Crippen LogP contribution is 2.46. The summed E-state index contributed by atoms with van der Waals surface area (Å²) in [6.45, 7) is 2.49. The Labute approximate surface area is 236 Å². The minimum Gasteiger partial charge on any atom is -0.342 e. The zero-order chi connectivity index (χ0) is 28.3. The van der Waals surface area contributed by atoms with E-state index >= 15 is 0 Å². The Balaban J connectivity index is 1.15. The molecule has 9 heteroatoms. The average molecular weight is 554 g/mol. The van der Waals surface area contributed by atoms with Crippen molar-refractivity contribution in [3.05, 3.63) is 112 Å². The fourth-order valence-electron chi connectivity index (χ4n) is 6.88. The fraction of sp³-hybridized carbons (Fsp3) is 0.312. The molecule has 7 nitrogen and oxygen atoms in total. The number of carbonyl (C=O) groups excluding carboxylic acids is 2. The molecule has 2 N–H and O–H groups in total. The number of benzene rings is 2. The molecule has 2 amide bonds. The Morgan fingerprint density at radius 1 is 1.10 bits per heavy atom. The molecule has 3 aliphatic rings. The van der Waals surface area contributed by atoms with Crippen molar-refractivity contribution in [2.24, 2.45) is 0 Å². The molecule has 4 aromatic rings. The second-order valence-corrected chi connectivity index (χ2v) is 11.3. The maximum absolute atomic E-state index is 14.8. The number of halogens is 2. The highest BCUT2D eigenvalue weighted by Gasteiger charge is 2.51. The van der Waals surface area contributed by atoms with E-state index in [1.54, 1.807) is 24.5 Å². The van der Waals surface area contributed by atoms with Crippen LogP contribution in [0.5, 0.6) is 0 Å². The number of nitrogens with one attached hydrogen (secondary N) is 2. The minimum atomic E-state index is -0.855.